The molecular formula is C16H17FN4O. The van der Waals surface area contributed by atoms with E-state index in [1.54, 1.807) is 6.07 Å². The van der Waals surface area contributed by atoms with Crippen LogP contribution in [0.25, 0.3) is 10.9 Å². The van der Waals surface area contributed by atoms with Crippen molar-refractivity contribution in [2.24, 2.45) is 5.92 Å². The molecule has 5 rings (SSSR count). The fraction of sp³-hybridized carbons (Fsp3) is 0.500. The quantitative estimate of drug-likeness (QED) is 0.871. The number of hydrogen-bond donors (Lipinski definition) is 1. The van der Waals surface area contributed by atoms with Crippen molar-refractivity contribution in [3.8, 4) is 0 Å². The molecule has 0 spiro atoms. The van der Waals surface area contributed by atoms with Crippen LogP contribution in [0.15, 0.2) is 18.2 Å². The maximum atomic E-state index is 13.3. The van der Waals surface area contributed by atoms with E-state index in [0.29, 0.717) is 34.6 Å². The summed E-state index contributed by atoms with van der Waals surface area (Å²) in [5.41, 5.74) is 1.01. The predicted molar refractivity (Wildman–Crippen MR) is 79.0 cm³/mol. The van der Waals surface area contributed by atoms with Crippen molar-refractivity contribution in [2.45, 2.75) is 24.9 Å². The fourth-order valence-corrected chi connectivity index (χ4v) is 4.59. The molecule has 3 aliphatic rings. The number of H-pyrrole nitrogens is 1. The summed E-state index contributed by atoms with van der Waals surface area (Å²) in [7, 11) is 0. The highest BCUT2D eigenvalue weighted by molar-refractivity contribution is 6.05. The van der Waals surface area contributed by atoms with E-state index in [0.717, 1.165) is 19.5 Å². The van der Waals surface area contributed by atoms with Crippen LogP contribution >= 0.6 is 0 Å². The largest absolute Gasteiger partial charge is 0.328 e. The molecule has 5 nitrogen and oxygen atoms in total. The molecule has 0 radical (unpaired) electrons. The van der Waals surface area contributed by atoms with E-state index in [1.807, 2.05) is 0 Å². The van der Waals surface area contributed by atoms with Gasteiger partial charge in [-0.15, -0.1) is 0 Å². The van der Waals surface area contributed by atoms with Crippen LogP contribution in [0.3, 0.4) is 0 Å². The number of aromatic amines is 1. The second kappa shape index (κ2) is 4.29. The highest BCUT2D eigenvalue weighted by Gasteiger charge is 2.51. The van der Waals surface area contributed by atoms with E-state index in [9.17, 15) is 9.18 Å². The number of fused-ring (bicyclic) bond motifs is 3. The van der Waals surface area contributed by atoms with Gasteiger partial charge in [0.2, 0.25) is 0 Å². The molecule has 1 aromatic carbocycles. The van der Waals surface area contributed by atoms with Crippen LogP contribution in [0.5, 0.6) is 0 Å². The number of piperidine rings is 1. The molecule has 2 aromatic rings. The van der Waals surface area contributed by atoms with Gasteiger partial charge in [-0.3, -0.25) is 14.8 Å². The standard InChI is InChI=1S/C16H17FN4O/c17-10-1-2-12-13(6-10)18-19-15(12)16(22)21-11-5-9-3-4-20(7-11)8-14(9)21/h1-2,6,9,11,14H,3-5,7-8H2,(H,18,19)/t9-,11-,14?/m1/s1. The molecule has 4 atom stereocenters. The summed E-state index contributed by atoms with van der Waals surface area (Å²) in [5.74, 6) is 0.311. The third kappa shape index (κ3) is 1.61. The van der Waals surface area contributed by atoms with E-state index >= 15 is 0 Å². The zero-order valence-electron chi connectivity index (χ0n) is 12.1. The normalized spacial score (nSPS) is 32.9. The van der Waals surface area contributed by atoms with Gasteiger partial charge in [-0.05, 0) is 43.5 Å². The van der Waals surface area contributed by atoms with Crippen LogP contribution in [0.4, 0.5) is 4.39 Å². The highest BCUT2D eigenvalue weighted by atomic mass is 19.1. The van der Waals surface area contributed by atoms with Crippen molar-refractivity contribution in [3.63, 3.8) is 0 Å². The SMILES string of the molecule is O=C(c1n[nH]c2cc(F)ccc12)N1C2CN3CC[C@@H]2C[C@@H]1C3. The summed E-state index contributed by atoms with van der Waals surface area (Å²) in [6.45, 7) is 3.14. The van der Waals surface area contributed by atoms with Gasteiger partial charge < -0.3 is 4.90 Å². The van der Waals surface area contributed by atoms with E-state index in [4.69, 9.17) is 0 Å². The van der Waals surface area contributed by atoms with E-state index in [-0.39, 0.29) is 11.7 Å². The minimum atomic E-state index is -0.321. The summed E-state index contributed by atoms with van der Waals surface area (Å²) in [5, 5.41) is 7.67. The number of hydrogen-bond acceptors (Lipinski definition) is 3. The lowest BCUT2D eigenvalue weighted by atomic mass is 9.93. The highest BCUT2D eigenvalue weighted by Crippen LogP contribution is 2.41. The minimum absolute atomic E-state index is 0.00286. The van der Waals surface area contributed by atoms with Crippen molar-refractivity contribution in [1.29, 1.82) is 0 Å². The first-order chi connectivity index (χ1) is 10.7. The fourth-order valence-electron chi connectivity index (χ4n) is 4.59. The summed E-state index contributed by atoms with van der Waals surface area (Å²) < 4.78 is 13.3. The number of carbonyl (C=O) groups excluding carboxylic acids is 1. The Kier molecular flexibility index (Phi) is 2.45. The van der Waals surface area contributed by atoms with E-state index < -0.39 is 0 Å². The van der Waals surface area contributed by atoms with Crippen molar-refractivity contribution < 1.29 is 9.18 Å². The van der Waals surface area contributed by atoms with Gasteiger partial charge >= 0.3 is 0 Å². The van der Waals surface area contributed by atoms with Gasteiger partial charge in [-0.1, -0.05) is 0 Å². The molecule has 2 unspecified atom stereocenters. The van der Waals surface area contributed by atoms with Crippen LogP contribution in [-0.4, -0.2) is 57.6 Å². The van der Waals surface area contributed by atoms with Gasteiger partial charge in [0.25, 0.3) is 5.91 Å². The average molecular weight is 300 g/mol. The average Bonchev–Trinajstić information content (AvgIpc) is 2.95. The zero-order chi connectivity index (χ0) is 14.8. The van der Waals surface area contributed by atoms with Gasteiger partial charge in [0.1, 0.15) is 5.82 Å². The molecule has 6 heteroatoms. The first-order valence-electron chi connectivity index (χ1n) is 7.89. The number of nitrogens with one attached hydrogen (secondary N) is 1. The molecule has 0 saturated carbocycles. The number of carbonyl (C=O) groups is 1. The summed E-state index contributed by atoms with van der Waals surface area (Å²) >= 11 is 0. The molecule has 114 valence electrons. The molecule has 1 N–H and O–H groups in total. The Morgan fingerprint density at radius 1 is 1.36 bits per heavy atom. The Bertz CT molecular complexity index is 769. The lowest BCUT2D eigenvalue weighted by molar-refractivity contribution is 0.0258. The van der Waals surface area contributed by atoms with Gasteiger partial charge in [0.15, 0.2) is 5.69 Å². The van der Waals surface area contributed by atoms with Crippen molar-refractivity contribution >= 4 is 16.8 Å². The monoisotopic (exact) mass is 300 g/mol. The van der Waals surface area contributed by atoms with Crippen LogP contribution in [0.2, 0.25) is 0 Å². The van der Waals surface area contributed by atoms with E-state index in [1.165, 1.54) is 25.1 Å². The first kappa shape index (κ1) is 12.6. The smallest absolute Gasteiger partial charge is 0.275 e. The number of nitrogens with zero attached hydrogens (tertiary/aromatic N) is 3. The maximum absolute atomic E-state index is 13.3. The molecule has 3 bridgehead atoms. The molecule has 3 aliphatic heterocycles. The number of rotatable bonds is 1. The maximum Gasteiger partial charge on any atom is 0.275 e. The molecule has 1 aromatic heterocycles. The van der Waals surface area contributed by atoms with Gasteiger partial charge in [-0.25, -0.2) is 4.39 Å². The van der Waals surface area contributed by atoms with Crippen LogP contribution in [0, 0.1) is 11.7 Å². The molecule has 3 fully saturated rings. The van der Waals surface area contributed by atoms with Crippen molar-refractivity contribution in [3.05, 3.63) is 29.7 Å². The third-order valence-corrected chi connectivity index (χ3v) is 5.56. The molecule has 0 aliphatic carbocycles. The zero-order valence-corrected chi connectivity index (χ0v) is 12.1. The Balaban J connectivity index is 1.54. The van der Waals surface area contributed by atoms with Gasteiger partial charge in [0.05, 0.1) is 5.52 Å². The Morgan fingerprint density at radius 2 is 2.27 bits per heavy atom. The van der Waals surface area contributed by atoms with Crippen molar-refractivity contribution in [2.75, 3.05) is 19.6 Å². The Morgan fingerprint density at radius 3 is 3.18 bits per heavy atom. The minimum Gasteiger partial charge on any atom is -0.328 e. The lowest BCUT2D eigenvalue weighted by Crippen LogP contribution is -2.58. The Labute approximate surface area is 127 Å². The topological polar surface area (TPSA) is 52.2 Å². The molecule has 3 saturated heterocycles. The van der Waals surface area contributed by atoms with Crippen LogP contribution in [-0.2, 0) is 0 Å². The molecular weight excluding hydrogens is 283 g/mol. The third-order valence-electron chi connectivity index (χ3n) is 5.56. The second-order valence-electron chi connectivity index (χ2n) is 6.74. The van der Waals surface area contributed by atoms with Gasteiger partial charge in [0, 0.05) is 30.6 Å². The number of halogens is 1. The number of aromatic nitrogens is 2. The summed E-state index contributed by atoms with van der Waals surface area (Å²) in [6.07, 6.45) is 2.31. The Hall–Kier alpha value is -1.95. The number of amides is 1. The predicted octanol–water partition coefficient (Wildman–Crippen LogP) is 1.62. The summed E-state index contributed by atoms with van der Waals surface area (Å²) in [4.78, 5) is 17.6. The van der Waals surface area contributed by atoms with Crippen molar-refractivity contribution in [1.82, 2.24) is 20.0 Å². The molecule has 4 heterocycles. The van der Waals surface area contributed by atoms with E-state index in [2.05, 4.69) is 20.0 Å². The van der Waals surface area contributed by atoms with Crippen LogP contribution in [0.1, 0.15) is 23.3 Å². The van der Waals surface area contributed by atoms with Crippen LogP contribution < -0.4 is 0 Å². The number of piperazine rings is 1. The second-order valence-corrected chi connectivity index (χ2v) is 6.74. The number of benzene rings is 1. The van der Waals surface area contributed by atoms with Gasteiger partial charge in [-0.2, -0.15) is 5.10 Å². The lowest BCUT2D eigenvalue weighted by Gasteiger charge is -2.44. The summed E-state index contributed by atoms with van der Waals surface area (Å²) in [6, 6.07) is 5.05. The molecule has 22 heavy (non-hydrogen) atoms. The molecule has 1 amide bonds. The first-order valence-corrected chi connectivity index (χ1v) is 7.89.